The molecule has 0 aromatic carbocycles. The van der Waals surface area contributed by atoms with Crippen molar-refractivity contribution in [2.24, 2.45) is 0 Å². The van der Waals surface area contributed by atoms with Crippen molar-refractivity contribution in [1.82, 2.24) is 0 Å². The maximum absolute atomic E-state index is 5.94. The summed E-state index contributed by atoms with van der Waals surface area (Å²) in [4.78, 5) is 0.610. The van der Waals surface area contributed by atoms with Crippen molar-refractivity contribution in [3.05, 3.63) is 11.0 Å². The molecule has 0 aromatic heterocycles. The molecular weight excluding hydrogens is 186 g/mol. The monoisotopic (exact) mass is 202 g/mol. The molecule has 0 aliphatic carbocycles. The van der Waals surface area contributed by atoms with Gasteiger partial charge in [-0.15, -0.1) is 0 Å². The van der Waals surface area contributed by atoms with Crippen molar-refractivity contribution < 1.29 is 9.31 Å². The van der Waals surface area contributed by atoms with Crippen molar-refractivity contribution >= 4 is 18.7 Å². The van der Waals surface area contributed by atoms with Gasteiger partial charge in [-0.05, 0) is 34.6 Å². The predicted molar refractivity (Wildman–Crippen MR) is 55.7 cm³/mol. The van der Waals surface area contributed by atoms with Gasteiger partial charge >= 0.3 is 7.12 Å². The topological polar surface area (TPSA) is 18.5 Å². The van der Waals surface area contributed by atoms with E-state index in [9.17, 15) is 0 Å². The Balaban J connectivity index is 2.82. The van der Waals surface area contributed by atoms with E-state index in [2.05, 4.69) is 0 Å². The molecule has 1 aliphatic rings. The summed E-state index contributed by atoms with van der Waals surface area (Å²) in [5.41, 5.74) is -0.609. The summed E-state index contributed by atoms with van der Waals surface area (Å²) in [6.45, 7) is 9.90. The largest absolute Gasteiger partial charge is 0.506 e. The highest BCUT2D eigenvalue weighted by Gasteiger charge is 2.52. The molecule has 74 valence electrons. The van der Waals surface area contributed by atoms with E-state index < -0.39 is 7.12 Å². The van der Waals surface area contributed by atoms with Gasteiger partial charge in [-0.3, -0.25) is 0 Å². The highest BCUT2D eigenvalue weighted by molar-refractivity contribution is 6.69. The quantitative estimate of drug-likeness (QED) is 0.609. The summed E-state index contributed by atoms with van der Waals surface area (Å²) in [7, 11) is -0.406. The number of hydrogen-bond acceptors (Lipinski definition) is 2. The van der Waals surface area contributed by atoms with E-state index in [4.69, 9.17) is 20.9 Å². The summed E-state index contributed by atoms with van der Waals surface area (Å²) in [6, 6.07) is 0. The molecule has 0 bridgehead atoms. The highest BCUT2D eigenvalue weighted by Crippen LogP contribution is 2.38. The Labute approximate surface area is 85.4 Å². The average molecular weight is 202 g/mol. The van der Waals surface area contributed by atoms with Crippen LogP contribution in [0.25, 0.3) is 0 Å². The van der Waals surface area contributed by atoms with E-state index in [1.165, 1.54) is 0 Å². The SMILES string of the molecule is CC=C(Cl)B1OC(C)(C)C(C)(C)O1. The van der Waals surface area contributed by atoms with Crippen LogP contribution >= 0.6 is 11.6 Å². The van der Waals surface area contributed by atoms with Crippen molar-refractivity contribution in [2.45, 2.75) is 45.8 Å². The second-order valence-electron chi connectivity index (χ2n) is 4.26. The van der Waals surface area contributed by atoms with Crippen LogP contribution in [0.3, 0.4) is 0 Å². The molecule has 1 fully saturated rings. The number of halogens is 1. The number of rotatable bonds is 1. The minimum Gasteiger partial charge on any atom is -0.399 e. The van der Waals surface area contributed by atoms with Crippen LogP contribution in [0.15, 0.2) is 11.0 Å². The Kier molecular flexibility index (Phi) is 2.82. The van der Waals surface area contributed by atoms with E-state index in [0.717, 1.165) is 0 Å². The molecule has 0 N–H and O–H groups in total. The molecule has 1 saturated heterocycles. The fourth-order valence-electron chi connectivity index (χ4n) is 1.09. The lowest BCUT2D eigenvalue weighted by Gasteiger charge is -2.32. The van der Waals surface area contributed by atoms with E-state index in [1.807, 2.05) is 34.6 Å². The van der Waals surface area contributed by atoms with Gasteiger partial charge in [0.25, 0.3) is 0 Å². The zero-order valence-corrected chi connectivity index (χ0v) is 9.61. The Morgan fingerprint density at radius 3 is 1.85 bits per heavy atom. The fraction of sp³-hybridized carbons (Fsp3) is 0.778. The second-order valence-corrected chi connectivity index (χ2v) is 4.70. The van der Waals surface area contributed by atoms with Crippen LogP contribution in [0.4, 0.5) is 0 Å². The Hall–Kier alpha value is 0.0149. The minimum atomic E-state index is -0.406. The van der Waals surface area contributed by atoms with Crippen molar-refractivity contribution in [3.63, 3.8) is 0 Å². The molecule has 1 aliphatic heterocycles. The first-order chi connectivity index (χ1) is 5.80. The average Bonchev–Trinajstić information content (AvgIpc) is 2.20. The summed E-state index contributed by atoms with van der Waals surface area (Å²) in [5, 5.41) is 0. The van der Waals surface area contributed by atoms with Crippen molar-refractivity contribution in [1.29, 1.82) is 0 Å². The predicted octanol–water partition coefficient (Wildman–Crippen LogP) is 2.76. The van der Waals surface area contributed by atoms with Crippen molar-refractivity contribution in [2.75, 3.05) is 0 Å². The highest BCUT2D eigenvalue weighted by atomic mass is 35.5. The standard InChI is InChI=1S/C9H16BClO2/c1-6-7(11)10-12-8(2,3)9(4,5)13-10/h6H,1-5H3. The van der Waals surface area contributed by atoms with Gasteiger partial charge < -0.3 is 9.31 Å². The van der Waals surface area contributed by atoms with Crippen LogP contribution in [0.1, 0.15) is 34.6 Å². The van der Waals surface area contributed by atoms with E-state index in [1.54, 1.807) is 6.08 Å². The van der Waals surface area contributed by atoms with Gasteiger partial charge in [-0.1, -0.05) is 17.7 Å². The normalized spacial score (nSPS) is 26.6. The molecule has 0 aromatic rings. The molecule has 4 heteroatoms. The van der Waals surface area contributed by atoms with Crippen molar-refractivity contribution in [3.8, 4) is 0 Å². The molecule has 13 heavy (non-hydrogen) atoms. The molecule has 0 spiro atoms. The zero-order valence-electron chi connectivity index (χ0n) is 8.85. The Morgan fingerprint density at radius 2 is 1.54 bits per heavy atom. The van der Waals surface area contributed by atoms with Gasteiger partial charge in [0.15, 0.2) is 0 Å². The lowest BCUT2D eigenvalue weighted by molar-refractivity contribution is 0.00578. The van der Waals surface area contributed by atoms with Crippen LogP contribution in [0.2, 0.25) is 0 Å². The van der Waals surface area contributed by atoms with Crippen LogP contribution in [0.5, 0.6) is 0 Å². The second kappa shape index (κ2) is 3.30. The lowest BCUT2D eigenvalue weighted by Crippen LogP contribution is -2.41. The van der Waals surface area contributed by atoms with Gasteiger partial charge in [-0.25, -0.2) is 0 Å². The molecule has 0 amide bonds. The molecule has 0 atom stereocenters. The molecular formula is C9H16BClO2. The van der Waals surface area contributed by atoms with Crippen LogP contribution in [-0.2, 0) is 9.31 Å². The summed E-state index contributed by atoms with van der Waals surface area (Å²) in [6.07, 6.45) is 1.80. The van der Waals surface area contributed by atoms with E-state index in [-0.39, 0.29) is 11.2 Å². The molecule has 0 radical (unpaired) electrons. The number of hydrogen-bond donors (Lipinski definition) is 0. The maximum atomic E-state index is 5.94. The van der Waals surface area contributed by atoms with Gasteiger partial charge in [0.05, 0.1) is 11.2 Å². The Morgan fingerprint density at radius 1 is 1.15 bits per heavy atom. The molecule has 1 heterocycles. The molecule has 0 unspecified atom stereocenters. The third kappa shape index (κ3) is 1.93. The van der Waals surface area contributed by atoms with Gasteiger partial charge in [0.1, 0.15) is 0 Å². The van der Waals surface area contributed by atoms with Crippen LogP contribution < -0.4 is 0 Å². The van der Waals surface area contributed by atoms with Gasteiger partial charge in [-0.2, -0.15) is 0 Å². The first-order valence-corrected chi connectivity index (χ1v) is 4.85. The summed E-state index contributed by atoms with van der Waals surface area (Å²) in [5.74, 6) is 0. The summed E-state index contributed by atoms with van der Waals surface area (Å²) >= 11 is 5.94. The summed E-state index contributed by atoms with van der Waals surface area (Å²) < 4.78 is 11.4. The van der Waals surface area contributed by atoms with E-state index >= 15 is 0 Å². The third-order valence-electron chi connectivity index (χ3n) is 2.75. The van der Waals surface area contributed by atoms with E-state index in [0.29, 0.717) is 4.93 Å². The fourth-order valence-corrected chi connectivity index (χ4v) is 1.18. The smallest absolute Gasteiger partial charge is 0.399 e. The van der Waals surface area contributed by atoms with Gasteiger partial charge in [0.2, 0.25) is 0 Å². The minimum absolute atomic E-state index is 0.305. The molecule has 0 saturated carbocycles. The van der Waals surface area contributed by atoms with Crippen LogP contribution in [-0.4, -0.2) is 18.3 Å². The Bertz CT molecular complexity index is 220. The molecule has 2 nitrogen and oxygen atoms in total. The van der Waals surface area contributed by atoms with Crippen LogP contribution in [0, 0.1) is 0 Å². The number of allylic oxidation sites excluding steroid dienone is 1. The van der Waals surface area contributed by atoms with Gasteiger partial charge in [0, 0.05) is 4.93 Å². The third-order valence-corrected chi connectivity index (χ3v) is 3.15. The maximum Gasteiger partial charge on any atom is 0.506 e. The zero-order chi connectivity index (χ0) is 10.3. The first kappa shape index (κ1) is 11.1. The first-order valence-electron chi connectivity index (χ1n) is 4.47. The molecule has 1 rings (SSSR count). The lowest BCUT2D eigenvalue weighted by atomic mass is 9.89.